The lowest BCUT2D eigenvalue weighted by Crippen LogP contribution is -2.37. The molecule has 6 nitrogen and oxygen atoms in total. The Labute approximate surface area is 106 Å². The molecule has 0 aliphatic heterocycles. The Bertz CT molecular complexity index is 445. The molecule has 1 atom stereocenters. The number of carbonyl (C=O) groups is 1. The van der Waals surface area contributed by atoms with E-state index in [0.29, 0.717) is 18.5 Å². The predicted octanol–water partition coefficient (Wildman–Crippen LogP) is 1.03. The first-order valence-electron chi connectivity index (χ1n) is 5.77. The van der Waals surface area contributed by atoms with Crippen molar-refractivity contribution < 1.29 is 10.0 Å². The second-order valence-electron chi connectivity index (χ2n) is 4.04. The van der Waals surface area contributed by atoms with Crippen molar-refractivity contribution in [3.8, 4) is 0 Å². The number of nitrogens with zero attached hydrogens (tertiary/aromatic N) is 2. The minimum atomic E-state index is -0.253. The highest BCUT2D eigenvalue weighted by molar-refractivity contribution is 5.93. The fourth-order valence-corrected chi connectivity index (χ4v) is 1.52. The van der Waals surface area contributed by atoms with Gasteiger partial charge in [-0.1, -0.05) is 18.1 Å². The Balaban J connectivity index is 2.68. The molecule has 0 aromatic carbocycles. The van der Waals surface area contributed by atoms with Crippen LogP contribution in [0, 0.1) is 6.92 Å². The number of nitrogens with one attached hydrogen (secondary N) is 1. The van der Waals surface area contributed by atoms with E-state index >= 15 is 0 Å². The third-order valence-electron chi connectivity index (χ3n) is 2.53. The van der Waals surface area contributed by atoms with Crippen LogP contribution in [0.2, 0.25) is 0 Å². The molecule has 18 heavy (non-hydrogen) atoms. The zero-order valence-electron chi connectivity index (χ0n) is 10.6. The van der Waals surface area contributed by atoms with Crippen LogP contribution >= 0.6 is 0 Å². The average molecular weight is 250 g/mol. The standard InChI is InChI=1S/C12H18N4O2/c1-3-9(7-11(13)16-18)15-12(17)10-6-4-5-8(2)14-10/h4-6,9,18H,3,7H2,1-2H3,(H2,13,16)(H,15,17). The van der Waals surface area contributed by atoms with E-state index in [1.165, 1.54) is 0 Å². The van der Waals surface area contributed by atoms with E-state index in [4.69, 9.17) is 10.9 Å². The zero-order chi connectivity index (χ0) is 13.5. The van der Waals surface area contributed by atoms with Crippen LogP contribution < -0.4 is 11.1 Å². The molecule has 4 N–H and O–H groups in total. The first-order valence-corrected chi connectivity index (χ1v) is 5.77. The van der Waals surface area contributed by atoms with E-state index in [0.717, 1.165) is 5.69 Å². The molecule has 0 saturated carbocycles. The van der Waals surface area contributed by atoms with Gasteiger partial charge in [0, 0.05) is 18.2 Å². The molecule has 0 bridgehead atoms. The normalized spacial score (nSPS) is 13.1. The van der Waals surface area contributed by atoms with Crippen molar-refractivity contribution in [1.29, 1.82) is 0 Å². The summed E-state index contributed by atoms with van der Waals surface area (Å²) >= 11 is 0. The van der Waals surface area contributed by atoms with Crippen molar-refractivity contribution in [2.24, 2.45) is 10.9 Å². The first-order chi connectivity index (χ1) is 8.56. The van der Waals surface area contributed by atoms with Crippen molar-refractivity contribution in [3.05, 3.63) is 29.6 Å². The second-order valence-corrected chi connectivity index (χ2v) is 4.04. The minimum Gasteiger partial charge on any atom is -0.409 e. The number of hydrogen-bond acceptors (Lipinski definition) is 4. The van der Waals surface area contributed by atoms with Crippen LogP contribution in [-0.4, -0.2) is 28.0 Å². The second kappa shape index (κ2) is 6.58. The summed E-state index contributed by atoms with van der Waals surface area (Å²) in [4.78, 5) is 16.1. The van der Waals surface area contributed by atoms with Crippen LogP contribution in [0.1, 0.15) is 35.9 Å². The van der Waals surface area contributed by atoms with Gasteiger partial charge in [0.25, 0.3) is 5.91 Å². The first kappa shape index (κ1) is 14.0. The lowest BCUT2D eigenvalue weighted by molar-refractivity contribution is 0.0931. The molecule has 0 fully saturated rings. The summed E-state index contributed by atoms with van der Waals surface area (Å²) in [5.74, 6) is -0.157. The van der Waals surface area contributed by atoms with Crippen LogP contribution in [0.5, 0.6) is 0 Å². The molecule has 6 heteroatoms. The Kier molecular flexibility index (Phi) is 5.10. The largest absolute Gasteiger partial charge is 0.409 e. The molecule has 98 valence electrons. The number of nitrogens with two attached hydrogens (primary N) is 1. The highest BCUT2D eigenvalue weighted by Crippen LogP contribution is 2.02. The molecule has 0 radical (unpaired) electrons. The summed E-state index contributed by atoms with van der Waals surface area (Å²) < 4.78 is 0. The van der Waals surface area contributed by atoms with Gasteiger partial charge in [-0.3, -0.25) is 4.79 Å². The van der Waals surface area contributed by atoms with Crippen LogP contribution in [-0.2, 0) is 0 Å². The van der Waals surface area contributed by atoms with E-state index in [2.05, 4.69) is 15.5 Å². The van der Waals surface area contributed by atoms with Crippen molar-refractivity contribution >= 4 is 11.7 Å². The number of pyridine rings is 1. The Morgan fingerprint density at radius 2 is 2.33 bits per heavy atom. The lowest BCUT2D eigenvalue weighted by atomic mass is 10.1. The topological polar surface area (TPSA) is 101 Å². The molecule has 1 heterocycles. The number of rotatable bonds is 5. The molecule has 1 aromatic heterocycles. The van der Waals surface area contributed by atoms with Crippen molar-refractivity contribution in [2.75, 3.05) is 0 Å². The molecule has 1 aromatic rings. The van der Waals surface area contributed by atoms with Gasteiger partial charge in [-0.15, -0.1) is 0 Å². The SMILES string of the molecule is CCC(CC(N)=NO)NC(=O)c1cccc(C)n1. The number of aromatic nitrogens is 1. The molecular weight excluding hydrogens is 232 g/mol. The average Bonchev–Trinajstić information content (AvgIpc) is 2.37. The fraction of sp³-hybridized carbons (Fsp3) is 0.417. The third kappa shape index (κ3) is 4.04. The van der Waals surface area contributed by atoms with Crippen LogP contribution in [0.3, 0.4) is 0 Å². The van der Waals surface area contributed by atoms with Crippen LogP contribution in [0.15, 0.2) is 23.4 Å². The third-order valence-corrected chi connectivity index (χ3v) is 2.53. The van der Waals surface area contributed by atoms with Gasteiger partial charge >= 0.3 is 0 Å². The molecular formula is C12H18N4O2. The number of hydrogen-bond donors (Lipinski definition) is 3. The minimum absolute atomic E-state index is 0.0966. The van der Waals surface area contributed by atoms with Gasteiger partial charge in [0.05, 0.1) is 0 Å². The molecule has 0 aliphatic rings. The van der Waals surface area contributed by atoms with Gasteiger partial charge in [-0.05, 0) is 25.5 Å². The lowest BCUT2D eigenvalue weighted by Gasteiger charge is -2.15. The van der Waals surface area contributed by atoms with Crippen LogP contribution in [0.4, 0.5) is 0 Å². The summed E-state index contributed by atoms with van der Waals surface area (Å²) in [6.07, 6.45) is 0.998. The molecule has 0 spiro atoms. The van der Waals surface area contributed by atoms with Gasteiger partial charge in [-0.2, -0.15) is 0 Å². The smallest absolute Gasteiger partial charge is 0.270 e. The monoisotopic (exact) mass is 250 g/mol. The van der Waals surface area contributed by atoms with E-state index in [1.807, 2.05) is 19.9 Å². The molecule has 1 rings (SSSR count). The van der Waals surface area contributed by atoms with Gasteiger partial charge in [-0.25, -0.2) is 4.98 Å². The van der Waals surface area contributed by atoms with Crippen LogP contribution in [0.25, 0.3) is 0 Å². The summed E-state index contributed by atoms with van der Waals surface area (Å²) in [7, 11) is 0. The summed E-state index contributed by atoms with van der Waals surface area (Å²) in [5.41, 5.74) is 6.57. The van der Waals surface area contributed by atoms with E-state index in [9.17, 15) is 4.79 Å². The summed E-state index contributed by atoms with van der Waals surface area (Å²) in [5, 5.41) is 14.2. The Hall–Kier alpha value is -2.11. The summed E-state index contributed by atoms with van der Waals surface area (Å²) in [6.45, 7) is 3.74. The van der Waals surface area contributed by atoms with E-state index in [1.54, 1.807) is 12.1 Å². The zero-order valence-corrected chi connectivity index (χ0v) is 10.6. The van der Waals surface area contributed by atoms with E-state index in [-0.39, 0.29) is 17.8 Å². The molecule has 0 aliphatic carbocycles. The number of carbonyl (C=O) groups excluding carboxylic acids is 1. The predicted molar refractivity (Wildman–Crippen MR) is 68.5 cm³/mol. The fourth-order valence-electron chi connectivity index (χ4n) is 1.52. The van der Waals surface area contributed by atoms with Gasteiger partial charge in [0.15, 0.2) is 0 Å². The van der Waals surface area contributed by atoms with Crippen molar-refractivity contribution in [2.45, 2.75) is 32.7 Å². The number of aryl methyl sites for hydroxylation is 1. The maximum Gasteiger partial charge on any atom is 0.270 e. The number of oxime groups is 1. The number of amidine groups is 1. The maximum atomic E-state index is 11.9. The van der Waals surface area contributed by atoms with Gasteiger partial charge < -0.3 is 16.3 Å². The van der Waals surface area contributed by atoms with Gasteiger partial charge in [0.1, 0.15) is 11.5 Å². The molecule has 1 unspecified atom stereocenters. The Morgan fingerprint density at radius 3 is 2.89 bits per heavy atom. The Morgan fingerprint density at radius 1 is 1.61 bits per heavy atom. The van der Waals surface area contributed by atoms with E-state index < -0.39 is 0 Å². The maximum absolute atomic E-state index is 11.9. The quantitative estimate of drug-likeness (QED) is 0.314. The van der Waals surface area contributed by atoms with Crippen molar-refractivity contribution in [1.82, 2.24) is 10.3 Å². The van der Waals surface area contributed by atoms with Crippen molar-refractivity contribution in [3.63, 3.8) is 0 Å². The molecule has 1 amide bonds. The number of amides is 1. The molecule has 0 saturated heterocycles. The highest BCUT2D eigenvalue weighted by Gasteiger charge is 2.14. The summed E-state index contributed by atoms with van der Waals surface area (Å²) in [6, 6.07) is 5.08. The highest BCUT2D eigenvalue weighted by atomic mass is 16.4. The van der Waals surface area contributed by atoms with Gasteiger partial charge in [0.2, 0.25) is 0 Å².